The molecule has 0 radical (unpaired) electrons. The van der Waals surface area contributed by atoms with Crippen LogP contribution in [0.4, 0.5) is 5.82 Å². The summed E-state index contributed by atoms with van der Waals surface area (Å²) in [5.41, 5.74) is 1.88. The number of unbranched alkanes of at least 4 members (excludes halogenated alkanes) is 1. The molecule has 2 heterocycles. The van der Waals surface area contributed by atoms with Gasteiger partial charge in [0.2, 0.25) is 0 Å². The van der Waals surface area contributed by atoms with Gasteiger partial charge in [-0.05, 0) is 19.3 Å². The molecule has 0 bridgehead atoms. The van der Waals surface area contributed by atoms with E-state index in [1.807, 2.05) is 6.33 Å². The Labute approximate surface area is 113 Å². The van der Waals surface area contributed by atoms with Crippen molar-refractivity contribution in [2.24, 2.45) is 0 Å². The Balaban J connectivity index is 1.88. The lowest BCUT2D eigenvalue weighted by molar-refractivity contribution is 0.529. The molecule has 0 atom stereocenters. The molecule has 5 heteroatoms. The van der Waals surface area contributed by atoms with Gasteiger partial charge < -0.3 is 9.88 Å². The third kappa shape index (κ3) is 2.41. The Hall–Kier alpha value is -1.65. The molecule has 0 aliphatic heterocycles. The van der Waals surface area contributed by atoms with Crippen molar-refractivity contribution in [1.82, 2.24) is 19.5 Å². The van der Waals surface area contributed by atoms with Crippen molar-refractivity contribution in [3.63, 3.8) is 0 Å². The monoisotopic (exact) mass is 259 g/mol. The zero-order valence-corrected chi connectivity index (χ0v) is 11.5. The summed E-state index contributed by atoms with van der Waals surface area (Å²) >= 11 is 0. The van der Waals surface area contributed by atoms with E-state index in [-0.39, 0.29) is 0 Å². The first-order valence-electron chi connectivity index (χ1n) is 7.31. The zero-order valence-electron chi connectivity index (χ0n) is 11.5. The highest BCUT2D eigenvalue weighted by molar-refractivity contribution is 5.82. The Morgan fingerprint density at radius 3 is 2.89 bits per heavy atom. The Kier molecular flexibility index (Phi) is 3.62. The summed E-state index contributed by atoms with van der Waals surface area (Å²) in [6.45, 7) is 3.13. The van der Waals surface area contributed by atoms with E-state index in [0.29, 0.717) is 6.04 Å². The van der Waals surface area contributed by atoms with Crippen molar-refractivity contribution in [2.75, 3.05) is 11.9 Å². The lowest BCUT2D eigenvalue weighted by Gasteiger charge is -2.11. The van der Waals surface area contributed by atoms with Crippen LogP contribution in [-0.4, -0.2) is 26.1 Å². The molecule has 0 spiro atoms. The third-order valence-electron chi connectivity index (χ3n) is 3.90. The van der Waals surface area contributed by atoms with Gasteiger partial charge in [-0.3, -0.25) is 0 Å². The van der Waals surface area contributed by atoms with Crippen LogP contribution in [-0.2, 0) is 0 Å². The van der Waals surface area contributed by atoms with Gasteiger partial charge in [-0.2, -0.15) is 0 Å². The lowest BCUT2D eigenvalue weighted by Crippen LogP contribution is -2.06. The maximum absolute atomic E-state index is 4.52. The fourth-order valence-electron chi connectivity index (χ4n) is 2.81. The van der Waals surface area contributed by atoms with E-state index in [1.54, 1.807) is 6.33 Å². The first-order valence-corrected chi connectivity index (χ1v) is 7.31. The molecular weight excluding hydrogens is 238 g/mol. The molecule has 1 aliphatic carbocycles. The number of imidazole rings is 1. The van der Waals surface area contributed by atoms with Gasteiger partial charge in [-0.1, -0.05) is 26.2 Å². The van der Waals surface area contributed by atoms with Crippen LogP contribution >= 0.6 is 0 Å². The Morgan fingerprint density at radius 1 is 1.26 bits per heavy atom. The highest BCUT2D eigenvalue weighted by atomic mass is 15.2. The maximum atomic E-state index is 4.52. The second-order valence-electron chi connectivity index (χ2n) is 5.26. The van der Waals surface area contributed by atoms with E-state index >= 15 is 0 Å². The first kappa shape index (κ1) is 12.4. The Morgan fingerprint density at radius 2 is 2.11 bits per heavy atom. The smallest absolute Gasteiger partial charge is 0.165 e. The van der Waals surface area contributed by atoms with E-state index in [0.717, 1.165) is 29.9 Å². The van der Waals surface area contributed by atoms with E-state index in [4.69, 9.17) is 0 Å². The van der Waals surface area contributed by atoms with Gasteiger partial charge in [-0.25, -0.2) is 15.0 Å². The molecule has 1 fully saturated rings. The Bertz CT molecular complexity index is 542. The first-order chi connectivity index (χ1) is 9.40. The molecule has 0 amide bonds. The number of aromatic nitrogens is 4. The summed E-state index contributed by atoms with van der Waals surface area (Å²) in [5, 5.41) is 3.37. The van der Waals surface area contributed by atoms with Crippen LogP contribution in [0.15, 0.2) is 12.7 Å². The predicted octanol–water partition coefficient (Wildman–Crippen LogP) is 3.15. The van der Waals surface area contributed by atoms with Gasteiger partial charge in [0.15, 0.2) is 11.5 Å². The van der Waals surface area contributed by atoms with Gasteiger partial charge in [0.25, 0.3) is 0 Å². The second kappa shape index (κ2) is 5.55. The molecule has 102 valence electrons. The van der Waals surface area contributed by atoms with Crippen molar-refractivity contribution in [3.05, 3.63) is 12.7 Å². The molecule has 1 aliphatic rings. The van der Waals surface area contributed by atoms with Gasteiger partial charge in [0, 0.05) is 12.6 Å². The molecule has 1 saturated carbocycles. The molecule has 19 heavy (non-hydrogen) atoms. The quantitative estimate of drug-likeness (QED) is 0.838. The van der Waals surface area contributed by atoms with Crippen molar-refractivity contribution in [3.8, 4) is 0 Å². The normalized spacial score (nSPS) is 16.3. The summed E-state index contributed by atoms with van der Waals surface area (Å²) in [6, 6.07) is 0.573. The van der Waals surface area contributed by atoms with Crippen molar-refractivity contribution < 1.29 is 0 Å². The van der Waals surface area contributed by atoms with Crippen LogP contribution in [0.2, 0.25) is 0 Å². The lowest BCUT2D eigenvalue weighted by atomic mass is 10.2. The van der Waals surface area contributed by atoms with Crippen LogP contribution < -0.4 is 5.32 Å². The zero-order chi connectivity index (χ0) is 13.1. The minimum Gasteiger partial charge on any atom is -0.368 e. The van der Waals surface area contributed by atoms with Crippen LogP contribution in [0, 0.1) is 0 Å². The average molecular weight is 259 g/mol. The van der Waals surface area contributed by atoms with Crippen LogP contribution in [0.1, 0.15) is 51.5 Å². The predicted molar refractivity (Wildman–Crippen MR) is 76.2 cm³/mol. The molecule has 3 rings (SSSR count). The minimum atomic E-state index is 0.573. The van der Waals surface area contributed by atoms with E-state index in [2.05, 4.69) is 31.8 Å². The number of anilines is 1. The van der Waals surface area contributed by atoms with Crippen molar-refractivity contribution in [1.29, 1.82) is 0 Å². The van der Waals surface area contributed by atoms with Crippen LogP contribution in [0.25, 0.3) is 11.2 Å². The van der Waals surface area contributed by atoms with Crippen molar-refractivity contribution >= 4 is 17.0 Å². The summed E-state index contributed by atoms with van der Waals surface area (Å²) in [4.78, 5) is 13.3. The number of nitrogens with zero attached hydrogens (tertiary/aromatic N) is 4. The fourth-order valence-corrected chi connectivity index (χ4v) is 2.81. The molecule has 0 saturated heterocycles. The topological polar surface area (TPSA) is 55.6 Å². The molecule has 2 aromatic rings. The van der Waals surface area contributed by atoms with Crippen LogP contribution in [0.5, 0.6) is 0 Å². The van der Waals surface area contributed by atoms with Gasteiger partial charge in [-0.15, -0.1) is 0 Å². The SMILES string of the molecule is CCCCNc1ncnc2c1ncn2C1CCCC1. The van der Waals surface area contributed by atoms with E-state index in [9.17, 15) is 0 Å². The standard InChI is InChI=1S/C14H21N5/c1-2-3-8-15-13-12-14(17-9-16-13)19(10-18-12)11-6-4-5-7-11/h9-11H,2-8H2,1H3,(H,15,16,17). The van der Waals surface area contributed by atoms with Gasteiger partial charge >= 0.3 is 0 Å². The molecular formula is C14H21N5. The van der Waals surface area contributed by atoms with Crippen molar-refractivity contribution in [2.45, 2.75) is 51.5 Å². The number of fused-ring (bicyclic) bond motifs is 1. The van der Waals surface area contributed by atoms with E-state index in [1.165, 1.54) is 32.1 Å². The molecule has 0 unspecified atom stereocenters. The molecule has 5 nitrogen and oxygen atoms in total. The molecule has 1 N–H and O–H groups in total. The summed E-state index contributed by atoms with van der Waals surface area (Å²) in [6.07, 6.45) is 11.0. The summed E-state index contributed by atoms with van der Waals surface area (Å²) in [7, 11) is 0. The summed E-state index contributed by atoms with van der Waals surface area (Å²) < 4.78 is 2.23. The maximum Gasteiger partial charge on any atom is 0.165 e. The van der Waals surface area contributed by atoms with Crippen LogP contribution in [0.3, 0.4) is 0 Å². The highest BCUT2D eigenvalue weighted by Gasteiger charge is 2.20. The number of hydrogen-bond acceptors (Lipinski definition) is 4. The number of hydrogen-bond donors (Lipinski definition) is 1. The minimum absolute atomic E-state index is 0.573. The number of nitrogens with one attached hydrogen (secondary N) is 1. The van der Waals surface area contributed by atoms with Gasteiger partial charge in [0.05, 0.1) is 6.33 Å². The van der Waals surface area contributed by atoms with Gasteiger partial charge in [0.1, 0.15) is 11.8 Å². The molecule has 0 aromatic carbocycles. The number of rotatable bonds is 5. The third-order valence-corrected chi connectivity index (χ3v) is 3.90. The average Bonchev–Trinajstić information content (AvgIpc) is 3.07. The second-order valence-corrected chi connectivity index (χ2v) is 5.26. The van der Waals surface area contributed by atoms with E-state index < -0.39 is 0 Å². The molecule has 2 aromatic heterocycles. The highest BCUT2D eigenvalue weighted by Crippen LogP contribution is 2.32. The summed E-state index contributed by atoms with van der Waals surface area (Å²) in [5.74, 6) is 0.871. The fraction of sp³-hybridized carbons (Fsp3) is 0.643. The largest absolute Gasteiger partial charge is 0.368 e.